The molecule has 0 aromatic heterocycles. The third kappa shape index (κ3) is 3.41. The Labute approximate surface area is 156 Å². The van der Waals surface area contributed by atoms with E-state index < -0.39 is 10.0 Å². The third-order valence-electron chi connectivity index (χ3n) is 6.18. The largest absolute Gasteiger partial charge is 0.342 e. The Morgan fingerprint density at radius 1 is 0.885 bits per heavy atom. The summed E-state index contributed by atoms with van der Waals surface area (Å²) in [6.07, 6.45) is 7.82. The number of likely N-dealkylation sites (tertiary alicyclic amines) is 1. The average molecular weight is 377 g/mol. The number of aryl methyl sites for hydroxylation is 2. The normalized spacial score (nSPS) is 22.4. The Hall–Kier alpha value is -1.40. The molecule has 4 rings (SSSR count). The molecule has 0 radical (unpaired) electrons. The van der Waals surface area contributed by atoms with E-state index in [1.807, 2.05) is 17.0 Å². The van der Waals surface area contributed by atoms with Gasteiger partial charge >= 0.3 is 0 Å². The molecule has 5 nitrogen and oxygen atoms in total. The topological polar surface area (TPSA) is 57.7 Å². The number of carbonyl (C=O) groups excluding carboxylic acids is 1. The molecule has 0 unspecified atom stereocenters. The number of amides is 1. The molecule has 142 valence electrons. The summed E-state index contributed by atoms with van der Waals surface area (Å²) in [7, 11) is -3.45. The summed E-state index contributed by atoms with van der Waals surface area (Å²) >= 11 is 0. The highest BCUT2D eigenvalue weighted by molar-refractivity contribution is 7.89. The first-order valence-corrected chi connectivity index (χ1v) is 11.4. The summed E-state index contributed by atoms with van der Waals surface area (Å²) in [5, 5.41) is 0. The van der Waals surface area contributed by atoms with Crippen molar-refractivity contribution in [1.29, 1.82) is 0 Å². The Balaban J connectivity index is 1.41. The highest BCUT2D eigenvalue weighted by Crippen LogP contribution is 2.29. The second kappa shape index (κ2) is 7.31. The van der Waals surface area contributed by atoms with Crippen molar-refractivity contribution in [2.45, 2.75) is 56.3 Å². The van der Waals surface area contributed by atoms with Crippen LogP contribution < -0.4 is 0 Å². The minimum Gasteiger partial charge on any atom is -0.342 e. The maximum atomic E-state index is 13.0. The molecule has 1 aliphatic carbocycles. The second-order valence-electron chi connectivity index (χ2n) is 7.85. The molecule has 0 spiro atoms. The summed E-state index contributed by atoms with van der Waals surface area (Å²) in [4.78, 5) is 15.1. The predicted octanol–water partition coefficient (Wildman–Crippen LogP) is 2.59. The zero-order valence-corrected chi connectivity index (χ0v) is 16.1. The lowest BCUT2D eigenvalue weighted by molar-refractivity contribution is -0.137. The lowest BCUT2D eigenvalue weighted by Crippen LogP contribution is -2.45. The van der Waals surface area contributed by atoms with Gasteiger partial charge in [0.1, 0.15) is 0 Å². The van der Waals surface area contributed by atoms with Crippen LogP contribution in [0, 0.1) is 5.92 Å². The number of piperidine rings is 2. The lowest BCUT2D eigenvalue weighted by Gasteiger charge is -2.35. The summed E-state index contributed by atoms with van der Waals surface area (Å²) in [6, 6.07) is 5.59. The number of nitrogens with zero attached hydrogens (tertiary/aromatic N) is 2. The fourth-order valence-electron chi connectivity index (χ4n) is 4.57. The number of fused-ring (bicyclic) bond motifs is 1. The van der Waals surface area contributed by atoms with Crippen LogP contribution in [0.1, 0.15) is 49.7 Å². The molecule has 0 saturated carbocycles. The first-order valence-electron chi connectivity index (χ1n) is 9.96. The van der Waals surface area contributed by atoms with Gasteiger partial charge in [-0.2, -0.15) is 4.31 Å². The summed E-state index contributed by atoms with van der Waals surface area (Å²) in [5.74, 6) is 0.221. The number of rotatable bonds is 3. The van der Waals surface area contributed by atoms with Crippen LogP contribution in [0.15, 0.2) is 23.1 Å². The van der Waals surface area contributed by atoms with Crippen molar-refractivity contribution in [3.05, 3.63) is 29.3 Å². The molecule has 6 heteroatoms. The van der Waals surface area contributed by atoms with E-state index in [-0.39, 0.29) is 11.8 Å². The fourth-order valence-corrected chi connectivity index (χ4v) is 6.09. The van der Waals surface area contributed by atoms with Crippen LogP contribution in [0.5, 0.6) is 0 Å². The number of hydrogen-bond donors (Lipinski definition) is 0. The van der Waals surface area contributed by atoms with Gasteiger partial charge in [0.05, 0.1) is 4.90 Å². The average Bonchev–Trinajstić information content (AvgIpc) is 3.16. The molecule has 0 bridgehead atoms. The molecular weight excluding hydrogens is 348 g/mol. The van der Waals surface area contributed by atoms with E-state index in [2.05, 4.69) is 0 Å². The molecule has 2 aliphatic heterocycles. The van der Waals surface area contributed by atoms with Crippen molar-refractivity contribution in [2.75, 3.05) is 26.2 Å². The van der Waals surface area contributed by atoms with Gasteiger partial charge in [-0.05, 0) is 74.6 Å². The first-order chi connectivity index (χ1) is 12.6. The first kappa shape index (κ1) is 18.0. The smallest absolute Gasteiger partial charge is 0.243 e. The zero-order chi connectivity index (χ0) is 18.1. The number of hydrogen-bond acceptors (Lipinski definition) is 3. The van der Waals surface area contributed by atoms with Crippen LogP contribution >= 0.6 is 0 Å². The fraction of sp³-hybridized carbons (Fsp3) is 0.650. The van der Waals surface area contributed by atoms with Crippen molar-refractivity contribution in [1.82, 2.24) is 9.21 Å². The molecule has 0 atom stereocenters. The third-order valence-corrected chi connectivity index (χ3v) is 8.07. The van der Waals surface area contributed by atoms with Gasteiger partial charge in [-0.25, -0.2) is 8.42 Å². The maximum Gasteiger partial charge on any atom is 0.243 e. The van der Waals surface area contributed by atoms with E-state index in [1.165, 1.54) is 17.5 Å². The van der Waals surface area contributed by atoms with E-state index >= 15 is 0 Å². The van der Waals surface area contributed by atoms with Crippen LogP contribution in [0.2, 0.25) is 0 Å². The van der Waals surface area contributed by atoms with Gasteiger partial charge in [0, 0.05) is 32.1 Å². The van der Waals surface area contributed by atoms with Gasteiger partial charge in [0.15, 0.2) is 0 Å². The Bertz CT molecular complexity index is 776. The quantitative estimate of drug-likeness (QED) is 0.815. The maximum absolute atomic E-state index is 13.0. The highest BCUT2D eigenvalue weighted by Gasteiger charge is 2.34. The minimum absolute atomic E-state index is 0.0143. The monoisotopic (exact) mass is 376 g/mol. The highest BCUT2D eigenvalue weighted by atomic mass is 32.2. The van der Waals surface area contributed by atoms with Crippen molar-refractivity contribution >= 4 is 15.9 Å². The van der Waals surface area contributed by atoms with Crippen molar-refractivity contribution < 1.29 is 13.2 Å². The zero-order valence-electron chi connectivity index (χ0n) is 15.3. The van der Waals surface area contributed by atoms with Gasteiger partial charge in [-0.3, -0.25) is 4.79 Å². The number of benzene rings is 1. The van der Waals surface area contributed by atoms with Gasteiger partial charge in [0.2, 0.25) is 15.9 Å². The van der Waals surface area contributed by atoms with Crippen molar-refractivity contribution in [3.63, 3.8) is 0 Å². The van der Waals surface area contributed by atoms with Crippen molar-refractivity contribution in [2.24, 2.45) is 5.92 Å². The van der Waals surface area contributed by atoms with E-state index in [1.54, 1.807) is 10.4 Å². The summed E-state index contributed by atoms with van der Waals surface area (Å²) in [6.45, 7) is 2.63. The molecule has 1 aromatic carbocycles. The van der Waals surface area contributed by atoms with Crippen molar-refractivity contribution in [3.8, 4) is 0 Å². The van der Waals surface area contributed by atoms with E-state index in [0.29, 0.717) is 30.8 Å². The van der Waals surface area contributed by atoms with Crippen LogP contribution in [-0.2, 0) is 27.7 Å². The molecule has 2 heterocycles. The number of carbonyl (C=O) groups is 1. The molecule has 26 heavy (non-hydrogen) atoms. The second-order valence-corrected chi connectivity index (χ2v) is 9.79. The minimum atomic E-state index is -3.45. The molecule has 3 aliphatic rings. The summed E-state index contributed by atoms with van der Waals surface area (Å²) in [5.41, 5.74) is 2.47. The van der Waals surface area contributed by atoms with Gasteiger partial charge < -0.3 is 4.90 Å². The van der Waals surface area contributed by atoms with Crippen LogP contribution in [-0.4, -0.2) is 49.7 Å². The van der Waals surface area contributed by atoms with Crippen LogP contribution in [0.25, 0.3) is 0 Å². The van der Waals surface area contributed by atoms with Crippen LogP contribution in [0.3, 0.4) is 0 Å². The van der Waals surface area contributed by atoms with Gasteiger partial charge in [-0.1, -0.05) is 6.07 Å². The van der Waals surface area contributed by atoms with Crippen LogP contribution in [0.4, 0.5) is 0 Å². The molecule has 2 fully saturated rings. The molecule has 1 amide bonds. The Morgan fingerprint density at radius 3 is 2.31 bits per heavy atom. The van der Waals surface area contributed by atoms with E-state index in [9.17, 15) is 13.2 Å². The Morgan fingerprint density at radius 2 is 1.58 bits per heavy atom. The lowest BCUT2D eigenvalue weighted by atomic mass is 9.95. The van der Waals surface area contributed by atoms with Gasteiger partial charge in [-0.15, -0.1) is 0 Å². The SMILES string of the molecule is O=C(C1CCN(S(=O)(=O)c2ccc3c(c2)CCC3)CC1)N1CCCCC1. The van der Waals surface area contributed by atoms with E-state index in [0.717, 1.165) is 45.2 Å². The predicted molar refractivity (Wildman–Crippen MR) is 100 cm³/mol. The van der Waals surface area contributed by atoms with E-state index in [4.69, 9.17) is 0 Å². The molecule has 1 aromatic rings. The number of sulfonamides is 1. The van der Waals surface area contributed by atoms with Gasteiger partial charge in [0.25, 0.3) is 0 Å². The Kier molecular flexibility index (Phi) is 5.06. The molecular formula is C20H28N2O3S. The summed E-state index contributed by atoms with van der Waals surface area (Å²) < 4.78 is 27.6. The molecule has 0 N–H and O–H groups in total. The molecule has 2 saturated heterocycles. The standard InChI is InChI=1S/C20H28N2O3S/c23-20(21-11-2-1-3-12-21)17-9-13-22(14-10-17)26(24,25)19-8-7-16-5-4-6-18(16)15-19/h7-8,15,17H,1-6,9-14H2.